The Morgan fingerprint density at radius 1 is 1.50 bits per heavy atom. The van der Waals surface area contributed by atoms with Crippen LogP contribution in [0.2, 0.25) is 0 Å². The standard InChI is InChI=1S/C12H19N3O3/c1-14-11(10(6-13-14)12(17)18)7-15-4-2-9(8-16)3-5-15/h6,9,16H,2-5,7-8H2,1H3,(H,17,18). The monoisotopic (exact) mass is 253 g/mol. The molecule has 18 heavy (non-hydrogen) atoms. The summed E-state index contributed by atoms with van der Waals surface area (Å²) in [6, 6.07) is 0. The number of aryl methyl sites for hydroxylation is 1. The van der Waals surface area contributed by atoms with E-state index >= 15 is 0 Å². The molecule has 1 aliphatic rings. The highest BCUT2D eigenvalue weighted by molar-refractivity contribution is 5.88. The van der Waals surface area contributed by atoms with Crippen molar-refractivity contribution in [2.24, 2.45) is 13.0 Å². The van der Waals surface area contributed by atoms with Crippen molar-refractivity contribution in [2.75, 3.05) is 19.7 Å². The van der Waals surface area contributed by atoms with E-state index in [9.17, 15) is 4.79 Å². The van der Waals surface area contributed by atoms with Gasteiger partial charge in [-0.15, -0.1) is 0 Å². The number of hydrogen-bond acceptors (Lipinski definition) is 4. The van der Waals surface area contributed by atoms with Crippen LogP contribution in [0.4, 0.5) is 0 Å². The Hall–Kier alpha value is -1.40. The molecule has 0 radical (unpaired) electrons. The van der Waals surface area contributed by atoms with Gasteiger partial charge in [0.05, 0.1) is 11.9 Å². The molecular formula is C12H19N3O3. The molecule has 0 atom stereocenters. The van der Waals surface area contributed by atoms with Gasteiger partial charge < -0.3 is 10.2 Å². The van der Waals surface area contributed by atoms with Crippen molar-refractivity contribution in [3.63, 3.8) is 0 Å². The summed E-state index contributed by atoms with van der Waals surface area (Å²) in [7, 11) is 1.77. The topological polar surface area (TPSA) is 78.6 Å². The molecule has 0 unspecified atom stereocenters. The van der Waals surface area contributed by atoms with Gasteiger partial charge in [-0.1, -0.05) is 0 Å². The van der Waals surface area contributed by atoms with Gasteiger partial charge in [-0.05, 0) is 31.8 Å². The smallest absolute Gasteiger partial charge is 0.339 e. The van der Waals surface area contributed by atoms with Gasteiger partial charge in [0, 0.05) is 20.2 Å². The number of aromatic carboxylic acids is 1. The lowest BCUT2D eigenvalue weighted by atomic mass is 9.98. The van der Waals surface area contributed by atoms with Gasteiger partial charge in [0.1, 0.15) is 5.56 Å². The van der Waals surface area contributed by atoms with Gasteiger partial charge >= 0.3 is 5.97 Å². The number of piperidine rings is 1. The Morgan fingerprint density at radius 3 is 2.72 bits per heavy atom. The van der Waals surface area contributed by atoms with E-state index in [1.54, 1.807) is 11.7 Å². The first-order chi connectivity index (χ1) is 8.61. The minimum Gasteiger partial charge on any atom is -0.478 e. The van der Waals surface area contributed by atoms with Gasteiger partial charge in [-0.3, -0.25) is 9.58 Å². The Labute approximate surface area is 106 Å². The van der Waals surface area contributed by atoms with Crippen molar-refractivity contribution >= 4 is 5.97 Å². The number of aliphatic hydroxyl groups excluding tert-OH is 1. The second kappa shape index (κ2) is 5.49. The normalized spacial score (nSPS) is 18.1. The predicted octanol–water partition coefficient (Wildman–Crippen LogP) is 0.323. The molecule has 0 bridgehead atoms. The molecule has 2 rings (SSSR count). The number of carbonyl (C=O) groups is 1. The van der Waals surface area contributed by atoms with E-state index < -0.39 is 5.97 Å². The number of rotatable bonds is 4. The second-order valence-electron chi connectivity index (χ2n) is 4.84. The summed E-state index contributed by atoms with van der Waals surface area (Å²) < 4.78 is 1.63. The van der Waals surface area contributed by atoms with Crippen LogP contribution >= 0.6 is 0 Å². The Morgan fingerprint density at radius 2 is 2.17 bits per heavy atom. The van der Waals surface area contributed by atoms with E-state index in [0.717, 1.165) is 31.6 Å². The Balaban J connectivity index is 2.02. The molecule has 2 heterocycles. The molecule has 0 amide bonds. The quantitative estimate of drug-likeness (QED) is 0.808. The van der Waals surface area contributed by atoms with Crippen molar-refractivity contribution in [2.45, 2.75) is 19.4 Å². The van der Waals surface area contributed by atoms with Crippen LogP contribution in [0, 0.1) is 5.92 Å². The van der Waals surface area contributed by atoms with Crippen LogP contribution < -0.4 is 0 Å². The summed E-state index contributed by atoms with van der Waals surface area (Å²) in [5, 5.41) is 22.2. The average molecular weight is 253 g/mol. The van der Waals surface area contributed by atoms with E-state index in [-0.39, 0.29) is 12.2 Å². The SMILES string of the molecule is Cn1ncc(C(=O)O)c1CN1CCC(CO)CC1. The molecule has 1 aromatic heterocycles. The molecule has 0 aliphatic carbocycles. The first-order valence-electron chi connectivity index (χ1n) is 6.19. The van der Waals surface area contributed by atoms with E-state index in [1.165, 1.54) is 6.20 Å². The fourth-order valence-electron chi connectivity index (χ4n) is 2.37. The number of nitrogens with zero attached hydrogens (tertiary/aromatic N) is 3. The lowest BCUT2D eigenvalue weighted by molar-refractivity contribution is 0.0692. The van der Waals surface area contributed by atoms with Crippen LogP contribution in [0.5, 0.6) is 0 Å². The third kappa shape index (κ3) is 2.70. The molecule has 1 saturated heterocycles. The number of aliphatic hydroxyl groups is 1. The molecule has 6 nitrogen and oxygen atoms in total. The van der Waals surface area contributed by atoms with E-state index in [1.807, 2.05) is 0 Å². The maximum atomic E-state index is 11.1. The maximum Gasteiger partial charge on any atom is 0.339 e. The van der Waals surface area contributed by atoms with Gasteiger partial charge in [-0.2, -0.15) is 5.10 Å². The van der Waals surface area contributed by atoms with Crippen LogP contribution in [0.1, 0.15) is 28.9 Å². The average Bonchev–Trinajstić information content (AvgIpc) is 2.72. The van der Waals surface area contributed by atoms with Crippen molar-refractivity contribution in [3.05, 3.63) is 17.5 Å². The highest BCUT2D eigenvalue weighted by Gasteiger charge is 2.22. The number of carboxylic acid groups (broad SMARTS) is 1. The van der Waals surface area contributed by atoms with E-state index in [4.69, 9.17) is 10.2 Å². The molecule has 1 aliphatic heterocycles. The van der Waals surface area contributed by atoms with Crippen molar-refractivity contribution in [3.8, 4) is 0 Å². The molecule has 2 N–H and O–H groups in total. The summed E-state index contributed by atoms with van der Waals surface area (Å²) in [6.07, 6.45) is 3.34. The lowest BCUT2D eigenvalue weighted by Crippen LogP contribution is -2.35. The van der Waals surface area contributed by atoms with Gasteiger partial charge in [0.15, 0.2) is 0 Å². The predicted molar refractivity (Wildman–Crippen MR) is 65.3 cm³/mol. The minimum atomic E-state index is -0.927. The Bertz CT molecular complexity index is 422. The third-order valence-corrected chi connectivity index (χ3v) is 3.63. The zero-order valence-electron chi connectivity index (χ0n) is 10.5. The largest absolute Gasteiger partial charge is 0.478 e. The van der Waals surface area contributed by atoms with Gasteiger partial charge in [0.25, 0.3) is 0 Å². The second-order valence-corrected chi connectivity index (χ2v) is 4.84. The molecule has 0 spiro atoms. The third-order valence-electron chi connectivity index (χ3n) is 3.63. The Kier molecular flexibility index (Phi) is 3.98. The van der Waals surface area contributed by atoms with Crippen LogP contribution in [-0.2, 0) is 13.6 Å². The van der Waals surface area contributed by atoms with Crippen LogP contribution in [0.25, 0.3) is 0 Å². The van der Waals surface area contributed by atoms with Crippen LogP contribution in [0.3, 0.4) is 0 Å². The lowest BCUT2D eigenvalue weighted by Gasteiger charge is -2.31. The van der Waals surface area contributed by atoms with E-state index in [0.29, 0.717) is 12.5 Å². The molecular weight excluding hydrogens is 234 g/mol. The highest BCUT2D eigenvalue weighted by Crippen LogP contribution is 2.19. The fourth-order valence-corrected chi connectivity index (χ4v) is 2.37. The number of carboxylic acids is 1. The number of aromatic nitrogens is 2. The summed E-state index contributed by atoms with van der Waals surface area (Å²) in [6.45, 7) is 2.65. The van der Waals surface area contributed by atoms with Crippen molar-refractivity contribution in [1.82, 2.24) is 14.7 Å². The molecule has 0 aromatic carbocycles. The summed E-state index contributed by atoms with van der Waals surface area (Å²) in [5.41, 5.74) is 1.02. The number of likely N-dealkylation sites (tertiary alicyclic amines) is 1. The van der Waals surface area contributed by atoms with Crippen LogP contribution in [0.15, 0.2) is 6.20 Å². The maximum absolute atomic E-state index is 11.1. The fraction of sp³-hybridized carbons (Fsp3) is 0.667. The molecule has 0 saturated carbocycles. The zero-order valence-corrected chi connectivity index (χ0v) is 10.5. The van der Waals surface area contributed by atoms with Crippen molar-refractivity contribution < 1.29 is 15.0 Å². The molecule has 1 fully saturated rings. The van der Waals surface area contributed by atoms with Crippen LogP contribution in [-0.4, -0.2) is 50.6 Å². The van der Waals surface area contributed by atoms with Gasteiger partial charge in [-0.25, -0.2) is 4.79 Å². The minimum absolute atomic E-state index is 0.250. The molecule has 1 aromatic rings. The number of hydrogen-bond donors (Lipinski definition) is 2. The summed E-state index contributed by atoms with van der Waals surface area (Å²) >= 11 is 0. The van der Waals surface area contributed by atoms with E-state index in [2.05, 4.69) is 10.00 Å². The zero-order chi connectivity index (χ0) is 13.1. The first-order valence-corrected chi connectivity index (χ1v) is 6.19. The summed E-state index contributed by atoms with van der Waals surface area (Å²) in [4.78, 5) is 13.3. The van der Waals surface area contributed by atoms with Gasteiger partial charge in [0.2, 0.25) is 0 Å². The molecule has 100 valence electrons. The highest BCUT2D eigenvalue weighted by atomic mass is 16.4. The molecule has 6 heteroatoms. The van der Waals surface area contributed by atoms with Crippen molar-refractivity contribution in [1.29, 1.82) is 0 Å². The first kappa shape index (κ1) is 13.0. The summed E-state index contributed by atoms with van der Waals surface area (Å²) in [5.74, 6) is -0.532.